The molecule has 2 nitrogen and oxygen atoms in total. The summed E-state index contributed by atoms with van der Waals surface area (Å²) in [6.45, 7) is 0.764. The molecule has 1 heterocycles. The first-order valence-corrected chi connectivity index (χ1v) is 7.84. The first-order valence-electron chi connectivity index (χ1n) is 7.84. The molecule has 1 atom stereocenters. The largest absolute Gasteiger partial charge is 0.493 e. The van der Waals surface area contributed by atoms with Gasteiger partial charge in [-0.3, -0.25) is 0 Å². The molecule has 1 aliphatic carbocycles. The van der Waals surface area contributed by atoms with Crippen LogP contribution in [-0.4, -0.2) is 11.7 Å². The number of rotatable bonds is 3. The zero-order valence-corrected chi connectivity index (χ0v) is 12.1. The summed E-state index contributed by atoms with van der Waals surface area (Å²) in [5.74, 6) is 0.975. The van der Waals surface area contributed by atoms with E-state index in [0.717, 1.165) is 24.3 Å². The molecule has 1 unspecified atom stereocenters. The van der Waals surface area contributed by atoms with Gasteiger partial charge in [0.2, 0.25) is 0 Å². The van der Waals surface area contributed by atoms with E-state index in [1.54, 1.807) is 0 Å². The molecular formula is C19H20O2. The lowest BCUT2D eigenvalue weighted by molar-refractivity contribution is 0.178. The highest BCUT2D eigenvalue weighted by Gasteiger charge is 2.17. The van der Waals surface area contributed by atoms with Crippen LogP contribution in [0.4, 0.5) is 0 Å². The molecule has 0 radical (unpaired) electrons. The van der Waals surface area contributed by atoms with E-state index in [0.29, 0.717) is 6.42 Å². The molecule has 2 aliphatic rings. The summed E-state index contributed by atoms with van der Waals surface area (Å²) in [5.41, 5.74) is 6.42. The summed E-state index contributed by atoms with van der Waals surface area (Å²) in [5, 5.41) is 10.5. The van der Waals surface area contributed by atoms with Crippen molar-refractivity contribution >= 4 is 0 Å². The van der Waals surface area contributed by atoms with Gasteiger partial charge in [0.25, 0.3) is 0 Å². The molecular weight excluding hydrogens is 260 g/mol. The molecule has 2 aromatic carbocycles. The fraction of sp³-hybridized carbons (Fsp3) is 0.368. The third-order valence-electron chi connectivity index (χ3n) is 4.69. The van der Waals surface area contributed by atoms with E-state index in [-0.39, 0.29) is 0 Å². The summed E-state index contributed by atoms with van der Waals surface area (Å²) in [7, 11) is 0. The van der Waals surface area contributed by atoms with E-state index in [9.17, 15) is 5.11 Å². The van der Waals surface area contributed by atoms with Gasteiger partial charge in [0.15, 0.2) is 0 Å². The van der Waals surface area contributed by atoms with Gasteiger partial charge in [-0.05, 0) is 59.2 Å². The maximum atomic E-state index is 10.5. The quantitative estimate of drug-likeness (QED) is 0.934. The van der Waals surface area contributed by atoms with Crippen LogP contribution in [0.1, 0.15) is 40.3 Å². The molecule has 1 aliphatic heterocycles. The molecule has 0 spiro atoms. The van der Waals surface area contributed by atoms with Crippen molar-refractivity contribution in [3.05, 3.63) is 64.2 Å². The van der Waals surface area contributed by atoms with Gasteiger partial charge in [-0.15, -0.1) is 0 Å². The van der Waals surface area contributed by atoms with Crippen LogP contribution in [0.2, 0.25) is 0 Å². The smallest absolute Gasteiger partial charge is 0.122 e. The second-order valence-corrected chi connectivity index (χ2v) is 6.14. The van der Waals surface area contributed by atoms with Gasteiger partial charge in [-0.25, -0.2) is 0 Å². The molecule has 0 amide bonds. The Hall–Kier alpha value is -1.80. The third kappa shape index (κ3) is 2.44. The molecule has 0 saturated heterocycles. The minimum atomic E-state index is -0.435. The molecule has 0 aromatic heterocycles. The molecule has 21 heavy (non-hydrogen) atoms. The normalized spacial score (nSPS) is 17.2. The fourth-order valence-electron chi connectivity index (χ4n) is 3.51. The van der Waals surface area contributed by atoms with Crippen molar-refractivity contribution in [2.45, 2.75) is 38.2 Å². The molecule has 0 bridgehead atoms. The highest BCUT2D eigenvalue weighted by molar-refractivity contribution is 5.41. The van der Waals surface area contributed by atoms with Gasteiger partial charge in [0.1, 0.15) is 5.75 Å². The number of aliphatic hydroxyl groups excluding tert-OH is 1. The monoisotopic (exact) mass is 280 g/mol. The summed E-state index contributed by atoms with van der Waals surface area (Å²) in [4.78, 5) is 0. The number of aliphatic hydroxyl groups is 1. The van der Waals surface area contributed by atoms with Crippen LogP contribution in [0.15, 0.2) is 36.4 Å². The Morgan fingerprint density at radius 2 is 1.86 bits per heavy atom. The minimum Gasteiger partial charge on any atom is -0.493 e. The number of aryl methyl sites for hydroxylation is 2. The molecule has 4 rings (SSSR count). The Morgan fingerprint density at radius 1 is 0.952 bits per heavy atom. The van der Waals surface area contributed by atoms with Crippen LogP contribution in [0, 0.1) is 0 Å². The summed E-state index contributed by atoms with van der Waals surface area (Å²) in [6.07, 6.45) is 4.88. The third-order valence-corrected chi connectivity index (χ3v) is 4.69. The van der Waals surface area contributed by atoms with Gasteiger partial charge < -0.3 is 9.84 Å². The topological polar surface area (TPSA) is 29.5 Å². The lowest BCUT2D eigenvalue weighted by Crippen LogP contribution is -2.03. The lowest BCUT2D eigenvalue weighted by Gasteiger charge is -2.13. The predicted octanol–water partition coefficient (Wildman–Crippen LogP) is 3.39. The van der Waals surface area contributed by atoms with E-state index < -0.39 is 6.10 Å². The average molecular weight is 280 g/mol. The van der Waals surface area contributed by atoms with Crippen LogP contribution in [-0.2, 0) is 25.7 Å². The highest BCUT2D eigenvalue weighted by Crippen LogP contribution is 2.30. The SMILES string of the molecule is OC(Cc1ccc2c(c1)CCC2)c1ccc2c(c1)CCO2. The van der Waals surface area contributed by atoms with Crippen LogP contribution < -0.4 is 4.74 Å². The maximum absolute atomic E-state index is 10.5. The molecule has 0 fully saturated rings. The molecule has 1 N–H and O–H groups in total. The van der Waals surface area contributed by atoms with Gasteiger partial charge >= 0.3 is 0 Å². The molecule has 2 aromatic rings. The van der Waals surface area contributed by atoms with Crippen LogP contribution in [0.25, 0.3) is 0 Å². The standard InChI is InChI=1S/C19H20O2/c20-18(16-6-7-19-17(12-16)8-9-21-19)11-13-4-5-14-2-1-3-15(14)10-13/h4-7,10,12,18,20H,1-3,8-9,11H2. The van der Waals surface area contributed by atoms with Crippen molar-refractivity contribution in [3.63, 3.8) is 0 Å². The Balaban J connectivity index is 1.54. The van der Waals surface area contributed by atoms with Gasteiger partial charge in [-0.2, -0.15) is 0 Å². The number of fused-ring (bicyclic) bond motifs is 2. The van der Waals surface area contributed by atoms with Crippen LogP contribution in [0.3, 0.4) is 0 Å². The van der Waals surface area contributed by atoms with Crippen molar-refractivity contribution in [1.29, 1.82) is 0 Å². The Bertz CT molecular complexity index is 675. The van der Waals surface area contributed by atoms with Crippen molar-refractivity contribution in [3.8, 4) is 5.75 Å². The minimum absolute atomic E-state index is 0.435. The Morgan fingerprint density at radius 3 is 2.81 bits per heavy atom. The van der Waals surface area contributed by atoms with E-state index in [1.807, 2.05) is 12.1 Å². The number of hydrogen-bond acceptors (Lipinski definition) is 2. The van der Waals surface area contributed by atoms with Crippen molar-refractivity contribution in [2.24, 2.45) is 0 Å². The first kappa shape index (κ1) is 12.9. The van der Waals surface area contributed by atoms with Crippen molar-refractivity contribution in [1.82, 2.24) is 0 Å². The van der Waals surface area contributed by atoms with E-state index in [1.165, 1.54) is 41.5 Å². The first-order chi connectivity index (χ1) is 10.3. The van der Waals surface area contributed by atoms with E-state index in [4.69, 9.17) is 4.74 Å². The fourth-order valence-corrected chi connectivity index (χ4v) is 3.51. The molecule has 2 heteroatoms. The summed E-state index contributed by atoms with van der Waals surface area (Å²) < 4.78 is 5.52. The zero-order chi connectivity index (χ0) is 14.2. The van der Waals surface area contributed by atoms with Gasteiger partial charge in [0.05, 0.1) is 12.7 Å². The van der Waals surface area contributed by atoms with Gasteiger partial charge in [-0.1, -0.05) is 24.3 Å². The lowest BCUT2D eigenvalue weighted by atomic mass is 9.97. The second kappa shape index (κ2) is 5.19. The summed E-state index contributed by atoms with van der Waals surface area (Å²) in [6, 6.07) is 12.8. The maximum Gasteiger partial charge on any atom is 0.122 e. The summed E-state index contributed by atoms with van der Waals surface area (Å²) >= 11 is 0. The van der Waals surface area contributed by atoms with Crippen molar-refractivity contribution in [2.75, 3.05) is 6.61 Å². The van der Waals surface area contributed by atoms with E-state index >= 15 is 0 Å². The highest BCUT2D eigenvalue weighted by atomic mass is 16.5. The predicted molar refractivity (Wildman–Crippen MR) is 82.8 cm³/mol. The molecule has 0 saturated carbocycles. The van der Waals surface area contributed by atoms with Crippen LogP contribution in [0.5, 0.6) is 5.75 Å². The van der Waals surface area contributed by atoms with Crippen LogP contribution >= 0.6 is 0 Å². The average Bonchev–Trinajstić information content (AvgIpc) is 3.14. The number of benzene rings is 2. The van der Waals surface area contributed by atoms with Crippen molar-refractivity contribution < 1.29 is 9.84 Å². The number of ether oxygens (including phenoxy) is 1. The second-order valence-electron chi connectivity index (χ2n) is 6.14. The Kier molecular flexibility index (Phi) is 3.19. The van der Waals surface area contributed by atoms with Gasteiger partial charge in [0, 0.05) is 12.8 Å². The Labute approximate surface area is 125 Å². The molecule has 108 valence electrons. The van der Waals surface area contributed by atoms with E-state index in [2.05, 4.69) is 24.3 Å². The number of hydrogen-bond donors (Lipinski definition) is 1. The zero-order valence-electron chi connectivity index (χ0n) is 12.1.